The average molecular weight is 755 g/mol. The summed E-state index contributed by atoms with van der Waals surface area (Å²) in [6, 6.07) is 76.7. The molecule has 3 heterocycles. The zero-order chi connectivity index (χ0) is 39.1. The van der Waals surface area contributed by atoms with E-state index in [2.05, 4.69) is 228 Å². The topological polar surface area (TPSA) is 19.1 Å². The Kier molecular flexibility index (Phi) is 7.36. The summed E-state index contributed by atoms with van der Waals surface area (Å²) in [7, 11) is 0. The molecule has 1 aliphatic rings. The van der Waals surface area contributed by atoms with Gasteiger partial charge in [-0.1, -0.05) is 158 Å². The smallest absolute Gasteiger partial charge is 0.141 e. The van der Waals surface area contributed by atoms with Crippen LogP contribution in [0.25, 0.3) is 77.2 Å². The lowest BCUT2D eigenvalue weighted by Gasteiger charge is -2.39. The van der Waals surface area contributed by atoms with E-state index in [0.717, 1.165) is 50.4 Å². The van der Waals surface area contributed by atoms with Crippen LogP contribution in [-0.2, 0) is 5.41 Å². The van der Waals surface area contributed by atoms with E-state index in [-0.39, 0.29) is 0 Å². The Bertz CT molecular complexity index is 3380. The highest BCUT2D eigenvalue weighted by molar-refractivity contribution is 6.15. The second-order valence-electron chi connectivity index (χ2n) is 15.8. The van der Waals surface area contributed by atoms with Gasteiger partial charge in [-0.2, -0.15) is 0 Å². The Labute approximate surface area is 342 Å². The highest BCUT2D eigenvalue weighted by Gasteiger charge is 2.43. The van der Waals surface area contributed by atoms with Gasteiger partial charge in [-0.3, -0.25) is 0 Å². The van der Waals surface area contributed by atoms with Crippen molar-refractivity contribution < 1.29 is 4.74 Å². The zero-order valence-electron chi connectivity index (χ0n) is 32.5. The van der Waals surface area contributed by atoms with E-state index in [0.29, 0.717) is 0 Å². The number of ether oxygens (including phenoxy) is 1. The second kappa shape index (κ2) is 13.0. The summed E-state index contributed by atoms with van der Waals surface area (Å²) >= 11 is 0. The number of benzene rings is 9. The summed E-state index contributed by atoms with van der Waals surface area (Å²) in [6.07, 6.45) is 0. The summed E-state index contributed by atoms with van der Waals surface area (Å²) in [5.41, 5.74) is 14.7. The normalized spacial score (nSPS) is 14.7. The number of rotatable bonds is 5. The van der Waals surface area contributed by atoms with Crippen molar-refractivity contribution in [2.75, 3.05) is 0 Å². The molecule has 0 saturated heterocycles. The lowest BCUT2D eigenvalue weighted by atomic mass is 9.67. The maximum Gasteiger partial charge on any atom is 0.141 e. The number of hydrogen-bond acceptors (Lipinski definition) is 1. The molecule has 59 heavy (non-hydrogen) atoms. The van der Waals surface area contributed by atoms with Gasteiger partial charge in [0.05, 0.1) is 32.9 Å². The Hall–Kier alpha value is -7.62. The first kappa shape index (κ1) is 33.5. The fourth-order valence-corrected chi connectivity index (χ4v) is 9.89. The molecule has 1 aliphatic heterocycles. The summed E-state index contributed by atoms with van der Waals surface area (Å²) < 4.78 is 12.2. The molecule has 12 rings (SSSR count). The van der Waals surface area contributed by atoms with Crippen LogP contribution >= 0.6 is 0 Å². The largest absolute Gasteiger partial charge is 0.456 e. The van der Waals surface area contributed by atoms with Crippen LogP contribution < -0.4 is 4.74 Å². The Balaban J connectivity index is 1.10. The summed E-state index contributed by atoms with van der Waals surface area (Å²) in [5.74, 6) is 1.80. The van der Waals surface area contributed by atoms with Crippen molar-refractivity contribution in [3.63, 3.8) is 0 Å². The van der Waals surface area contributed by atoms with Crippen LogP contribution in [0.15, 0.2) is 212 Å². The number of fused-ring (bicyclic) bond motifs is 10. The van der Waals surface area contributed by atoms with Gasteiger partial charge in [-0.25, -0.2) is 0 Å². The molecule has 0 fully saturated rings. The van der Waals surface area contributed by atoms with E-state index in [1.54, 1.807) is 0 Å². The molecule has 1 atom stereocenters. The molecule has 3 heteroatoms. The molecular formula is C56H38N2O. The zero-order valence-corrected chi connectivity index (χ0v) is 32.5. The first-order valence-corrected chi connectivity index (χ1v) is 20.4. The lowest BCUT2D eigenvalue weighted by Crippen LogP contribution is -2.29. The van der Waals surface area contributed by atoms with Crippen molar-refractivity contribution in [1.82, 2.24) is 9.13 Å². The van der Waals surface area contributed by atoms with Gasteiger partial charge in [0.15, 0.2) is 0 Å². The Morgan fingerprint density at radius 1 is 0.373 bits per heavy atom. The molecule has 11 aromatic rings. The molecule has 9 aromatic carbocycles. The molecule has 0 bridgehead atoms. The van der Waals surface area contributed by atoms with E-state index in [1.165, 1.54) is 55.1 Å². The molecule has 0 spiro atoms. The van der Waals surface area contributed by atoms with Crippen LogP contribution in [-0.4, -0.2) is 9.13 Å². The van der Waals surface area contributed by atoms with Gasteiger partial charge in [0.25, 0.3) is 0 Å². The Morgan fingerprint density at radius 2 is 0.814 bits per heavy atom. The van der Waals surface area contributed by atoms with Crippen molar-refractivity contribution in [2.24, 2.45) is 0 Å². The molecule has 2 aromatic heterocycles. The third-order valence-electron chi connectivity index (χ3n) is 12.7. The van der Waals surface area contributed by atoms with E-state index >= 15 is 0 Å². The van der Waals surface area contributed by atoms with Crippen molar-refractivity contribution in [3.05, 3.63) is 229 Å². The van der Waals surface area contributed by atoms with Gasteiger partial charge in [-0.15, -0.1) is 0 Å². The first-order chi connectivity index (χ1) is 29.2. The maximum absolute atomic E-state index is 7.36. The number of nitrogens with zero attached hydrogens (tertiary/aromatic N) is 2. The molecule has 0 saturated carbocycles. The van der Waals surface area contributed by atoms with Crippen LogP contribution in [0.4, 0.5) is 0 Å². The van der Waals surface area contributed by atoms with Gasteiger partial charge in [0.2, 0.25) is 0 Å². The number of hydrogen-bond donors (Lipinski definition) is 0. The minimum atomic E-state index is -0.551. The van der Waals surface area contributed by atoms with E-state index in [1.807, 2.05) is 0 Å². The molecule has 0 aliphatic carbocycles. The van der Waals surface area contributed by atoms with E-state index in [4.69, 9.17) is 4.74 Å². The second-order valence-corrected chi connectivity index (χ2v) is 15.8. The van der Waals surface area contributed by atoms with Gasteiger partial charge in [0, 0.05) is 38.7 Å². The molecule has 278 valence electrons. The molecule has 1 unspecified atom stereocenters. The standard InChI is InChI=1S/C56H38N2O/c1-56(41-19-9-4-10-20-41)46-33-34-50-53(45-22-12-14-24-48(45)58(50)43-31-27-40(28-32-43)38-17-7-3-8-18-38)55(46)59-51-36-35-49-52(54(51)56)44-21-11-13-23-47(44)57(49)42-29-25-39(26-30-42)37-15-5-2-6-16-37/h2-36H,1H3. The van der Waals surface area contributed by atoms with Crippen LogP contribution in [0.2, 0.25) is 0 Å². The van der Waals surface area contributed by atoms with Gasteiger partial charge < -0.3 is 13.9 Å². The van der Waals surface area contributed by atoms with Crippen LogP contribution in [0.5, 0.6) is 11.5 Å². The summed E-state index contributed by atoms with van der Waals surface area (Å²) in [5, 5.41) is 4.71. The molecular weight excluding hydrogens is 717 g/mol. The summed E-state index contributed by atoms with van der Waals surface area (Å²) in [6.45, 7) is 2.40. The van der Waals surface area contributed by atoms with E-state index in [9.17, 15) is 0 Å². The third kappa shape index (κ3) is 4.95. The fraction of sp³-hybridized carbons (Fsp3) is 0.0357. The molecule has 0 amide bonds. The minimum absolute atomic E-state index is 0.551. The Morgan fingerprint density at radius 3 is 1.37 bits per heavy atom. The van der Waals surface area contributed by atoms with Gasteiger partial charge in [-0.05, 0) is 89.3 Å². The fourth-order valence-electron chi connectivity index (χ4n) is 9.89. The maximum atomic E-state index is 7.36. The monoisotopic (exact) mass is 754 g/mol. The van der Waals surface area contributed by atoms with Gasteiger partial charge in [0.1, 0.15) is 11.5 Å². The number of aromatic nitrogens is 2. The lowest BCUT2D eigenvalue weighted by molar-refractivity contribution is 0.435. The average Bonchev–Trinajstić information content (AvgIpc) is 3.83. The SMILES string of the molecule is CC1(c2ccccc2)c2ccc3c(c2Oc2ccc4c(c21)c1ccccc1n4-c1ccc(-c2ccccc2)cc1)c1ccccc1n3-c1ccc(-c2ccccc2)cc1. The highest BCUT2D eigenvalue weighted by Crippen LogP contribution is 2.58. The molecule has 3 nitrogen and oxygen atoms in total. The van der Waals surface area contributed by atoms with Crippen LogP contribution in [0, 0.1) is 0 Å². The quantitative estimate of drug-likeness (QED) is 0.171. The first-order valence-electron chi connectivity index (χ1n) is 20.4. The van der Waals surface area contributed by atoms with Crippen molar-refractivity contribution in [2.45, 2.75) is 12.3 Å². The molecule has 0 radical (unpaired) electrons. The highest BCUT2D eigenvalue weighted by atomic mass is 16.5. The van der Waals surface area contributed by atoms with Crippen LogP contribution in [0.3, 0.4) is 0 Å². The van der Waals surface area contributed by atoms with Crippen molar-refractivity contribution in [1.29, 1.82) is 0 Å². The predicted molar refractivity (Wildman–Crippen MR) is 245 cm³/mol. The minimum Gasteiger partial charge on any atom is -0.456 e. The van der Waals surface area contributed by atoms with E-state index < -0.39 is 5.41 Å². The van der Waals surface area contributed by atoms with Crippen molar-refractivity contribution >= 4 is 43.6 Å². The molecule has 0 N–H and O–H groups in total. The van der Waals surface area contributed by atoms with Gasteiger partial charge >= 0.3 is 0 Å². The van der Waals surface area contributed by atoms with Crippen molar-refractivity contribution in [3.8, 4) is 45.1 Å². The predicted octanol–water partition coefficient (Wildman–Crippen LogP) is 14.7. The van der Waals surface area contributed by atoms with Crippen LogP contribution in [0.1, 0.15) is 23.6 Å². The summed E-state index contributed by atoms with van der Waals surface area (Å²) in [4.78, 5) is 0. The third-order valence-corrected chi connectivity index (χ3v) is 12.7. The number of para-hydroxylation sites is 2.